The van der Waals surface area contributed by atoms with Gasteiger partial charge in [-0.25, -0.2) is 0 Å². The molecule has 4 heterocycles. The van der Waals surface area contributed by atoms with Crippen LogP contribution < -0.4 is 5.32 Å². The van der Waals surface area contributed by atoms with Crippen molar-refractivity contribution in [3.8, 4) is 11.1 Å². The van der Waals surface area contributed by atoms with E-state index in [2.05, 4.69) is 34.3 Å². The van der Waals surface area contributed by atoms with Gasteiger partial charge in [0.05, 0.1) is 6.04 Å². The lowest BCUT2D eigenvalue weighted by atomic mass is 9.92. The van der Waals surface area contributed by atoms with Crippen LogP contribution >= 0.6 is 0 Å². The van der Waals surface area contributed by atoms with Gasteiger partial charge >= 0.3 is 0 Å². The number of carbonyl (C=O) groups excluding carboxylic acids is 2. The van der Waals surface area contributed by atoms with E-state index in [9.17, 15) is 9.59 Å². The molecule has 7 nitrogen and oxygen atoms in total. The number of hydrogen-bond acceptors (Lipinski definition) is 5. The number of nitrogens with one attached hydrogen (secondary N) is 1. The van der Waals surface area contributed by atoms with Crippen LogP contribution in [-0.4, -0.2) is 70.9 Å². The fourth-order valence-corrected chi connectivity index (χ4v) is 4.59. The summed E-state index contributed by atoms with van der Waals surface area (Å²) in [6.45, 7) is 5.75. The smallest absolute Gasteiger partial charge is 0.269 e. The van der Waals surface area contributed by atoms with Crippen molar-refractivity contribution in [3.63, 3.8) is 0 Å². The van der Waals surface area contributed by atoms with Gasteiger partial charge in [-0.15, -0.1) is 0 Å². The SMILES string of the molecule is CNC(=O)c1ccc(-c2ccc(C3CCN(C(=O)C(C)N4CCCC4)CC3)nc2)cn1. The molecular weight excluding hydrogens is 390 g/mol. The zero-order valence-electron chi connectivity index (χ0n) is 18.4. The third-order valence-electron chi connectivity index (χ3n) is 6.61. The number of aromatic nitrogens is 2. The molecule has 2 amide bonds. The molecule has 2 saturated heterocycles. The highest BCUT2D eigenvalue weighted by atomic mass is 16.2. The number of piperidine rings is 1. The monoisotopic (exact) mass is 421 g/mol. The van der Waals surface area contributed by atoms with Crippen molar-refractivity contribution in [2.24, 2.45) is 0 Å². The Labute approximate surface area is 183 Å². The minimum absolute atomic E-state index is 0.000132. The maximum absolute atomic E-state index is 12.9. The van der Waals surface area contributed by atoms with Crippen LogP contribution in [0.5, 0.6) is 0 Å². The molecule has 2 aromatic rings. The number of carbonyl (C=O) groups is 2. The van der Waals surface area contributed by atoms with Gasteiger partial charge in [-0.05, 0) is 57.8 Å². The van der Waals surface area contributed by atoms with Gasteiger partial charge in [0.2, 0.25) is 5.91 Å². The second-order valence-corrected chi connectivity index (χ2v) is 8.50. The molecule has 2 aromatic heterocycles. The molecule has 2 aliphatic rings. The lowest BCUT2D eigenvalue weighted by Gasteiger charge is -2.35. The summed E-state index contributed by atoms with van der Waals surface area (Å²) in [6, 6.07) is 7.75. The first-order valence-corrected chi connectivity index (χ1v) is 11.2. The minimum Gasteiger partial charge on any atom is -0.354 e. The van der Waals surface area contributed by atoms with Crippen molar-refractivity contribution in [3.05, 3.63) is 48.0 Å². The van der Waals surface area contributed by atoms with Crippen LogP contribution in [0.2, 0.25) is 0 Å². The number of likely N-dealkylation sites (tertiary alicyclic amines) is 2. The fourth-order valence-electron chi connectivity index (χ4n) is 4.59. The Balaban J connectivity index is 1.34. The maximum Gasteiger partial charge on any atom is 0.269 e. The molecule has 31 heavy (non-hydrogen) atoms. The lowest BCUT2D eigenvalue weighted by Crippen LogP contribution is -2.48. The van der Waals surface area contributed by atoms with Crippen LogP contribution in [-0.2, 0) is 4.79 Å². The second kappa shape index (κ2) is 9.56. The molecule has 0 aliphatic carbocycles. The van der Waals surface area contributed by atoms with Crippen LogP contribution in [0.3, 0.4) is 0 Å². The zero-order chi connectivity index (χ0) is 21.8. The van der Waals surface area contributed by atoms with Gasteiger partial charge in [0.25, 0.3) is 5.91 Å². The Hall–Kier alpha value is -2.80. The van der Waals surface area contributed by atoms with Crippen LogP contribution in [0.25, 0.3) is 11.1 Å². The van der Waals surface area contributed by atoms with Crippen molar-refractivity contribution >= 4 is 11.8 Å². The molecule has 164 valence electrons. The Bertz CT molecular complexity index is 899. The number of nitrogens with zero attached hydrogens (tertiary/aromatic N) is 4. The van der Waals surface area contributed by atoms with Crippen LogP contribution in [0.15, 0.2) is 36.7 Å². The lowest BCUT2D eigenvalue weighted by molar-refractivity contribution is -0.137. The Morgan fingerprint density at radius 1 is 0.968 bits per heavy atom. The Morgan fingerprint density at radius 2 is 1.61 bits per heavy atom. The van der Waals surface area contributed by atoms with Crippen molar-refractivity contribution < 1.29 is 9.59 Å². The molecular formula is C24H31N5O2. The van der Waals surface area contributed by atoms with E-state index < -0.39 is 0 Å². The van der Waals surface area contributed by atoms with Gasteiger partial charge in [-0.2, -0.15) is 0 Å². The Kier molecular flexibility index (Phi) is 6.61. The van der Waals surface area contributed by atoms with Crippen LogP contribution in [0.4, 0.5) is 0 Å². The quantitative estimate of drug-likeness (QED) is 0.803. The summed E-state index contributed by atoms with van der Waals surface area (Å²) in [5, 5.41) is 2.57. The van der Waals surface area contributed by atoms with E-state index in [1.165, 1.54) is 12.8 Å². The van der Waals surface area contributed by atoms with Crippen molar-refractivity contribution in [1.29, 1.82) is 0 Å². The fraction of sp³-hybridized carbons (Fsp3) is 0.500. The molecule has 0 saturated carbocycles. The van der Waals surface area contributed by atoms with E-state index >= 15 is 0 Å². The van der Waals surface area contributed by atoms with Crippen molar-refractivity contribution in [2.75, 3.05) is 33.2 Å². The molecule has 7 heteroatoms. The van der Waals surface area contributed by atoms with E-state index in [-0.39, 0.29) is 17.9 Å². The number of rotatable bonds is 5. The minimum atomic E-state index is -0.195. The van der Waals surface area contributed by atoms with Gasteiger partial charge in [0.1, 0.15) is 5.69 Å². The first kappa shape index (κ1) is 21.4. The van der Waals surface area contributed by atoms with E-state index in [4.69, 9.17) is 4.98 Å². The Morgan fingerprint density at radius 3 is 2.16 bits per heavy atom. The van der Waals surface area contributed by atoms with E-state index in [0.29, 0.717) is 11.6 Å². The summed E-state index contributed by atoms with van der Waals surface area (Å²) in [6.07, 6.45) is 7.89. The molecule has 0 radical (unpaired) electrons. The van der Waals surface area contributed by atoms with Gasteiger partial charge in [0.15, 0.2) is 0 Å². The number of amides is 2. The van der Waals surface area contributed by atoms with Crippen LogP contribution in [0, 0.1) is 0 Å². The molecule has 4 rings (SSSR count). The average Bonchev–Trinajstić information content (AvgIpc) is 3.38. The summed E-state index contributed by atoms with van der Waals surface area (Å²) in [4.78, 5) is 37.8. The third kappa shape index (κ3) is 4.77. The normalized spacial score (nSPS) is 18.7. The first-order chi connectivity index (χ1) is 15.1. The zero-order valence-corrected chi connectivity index (χ0v) is 18.4. The molecule has 1 unspecified atom stereocenters. The predicted molar refractivity (Wildman–Crippen MR) is 120 cm³/mol. The summed E-state index contributed by atoms with van der Waals surface area (Å²) in [5.74, 6) is 0.463. The number of hydrogen-bond donors (Lipinski definition) is 1. The van der Waals surface area contributed by atoms with Crippen molar-refractivity contribution in [2.45, 2.75) is 44.6 Å². The molecule has 0 spiro atoms. The van der Waals surface area contributed by atoms with E-state index in [1.807, 2.05) is 17.2 Å². The first-order valence-electron chi connectivity index (χ1n) is 11.2. The predicted octanol–water partition coefficient (Wildman–Crippen LogP) is 2.69. The number of pyridine rings is 2. The summed E-state index contributed by atoms with van der Waals surface area (Å²) in [5.41, 5.74) is 3.39. The third-order valence-corrected chi connectivity index (χ3v) is 6.61. The van der Waals surface area contributed by atoms with E-state index in [0.717, 1.165) is 55.8 Å². The molecule has 2 aliphatic heterocycles. The molecule has 2 fully saturated rings. The summed E-state index contributed by atoms with van der Waals surface area (Å²) in [7, 11) is 1.59. The van der Waals surface area contributed by atoms with Gasteiger partial charge < -0.3 is 10.2 Å². The van der Waals surface area contributed by atoms with Gasteiger partial charge in [-0.1, -0.05) is 12.1 Å². The molecule has 0 bridgehead atoms. The van der Waals surface area contributed by atoms with Crippen LogP contribution in [0.1, 0.15) is 54.7 Å². The molecule has 1 atom stereocenters. The topological polar surface area (TPSA) is 78.4 Å². The largest absolute Gasteiger partial charge is 0.354 e. The maximum atomic E-state index is 12.9. The van der Waals surface area contributed by atoms with Gasteiger partial charge in [0, 0.05) is 55.3 Å². The highest BCUT2D eigenvalue weighted by Gasteiger charge is 2.31. The van der Waals surface area contributed by atoms with Gasteiger partial charge in [-0.3, -0.25) is 24.5 Å². The standard InChI is InChI=1S/C24H31N5O2/c1-17(28-11-3-4-12-28)24(31)29-13-9-18(10-14-29)21-7-5-19(15-26-21)20-6-8-22(27-16-20)23(30)25-2/h5-8,15-18H,3-4,9-14H2,1-2H3,(H,25,30). The van der Waals surface area contributed by atoms with E-state index in [1.54, 1.807) is 19.3 Å². The highest BCUT2D eigenvalue weighted by Crippen LogP contribution is 2.29. The highest BCUT2D eigenvalue weighted by molar-refractivity contribution is 5.92. The summed E-state index contributed by atoms with van der Waals surface area (Å²) < 4.78 is 0. The summed E-state index contributed by atoms with van der Waals surface area (Å²) >= 11 is 0. The molecule has 0 aromatic carbocycles. The average molecular weight is 422 g/mol. The second-order valence-electron chi connectivity index (χ2n) is 8.50. The van der Waals surface area contributed by atoms with Crippen molar-refractivity contribution in [1.82, 2.24) is 25.1 Å². The molecule has 1 N–H and O–H groups in total.